The van der Waals surface area contributed by atoms with Crippen molar-refractivity contribution in [2.24, 2.45) is 5.92 Å². The summed E-state index contributed by atoms with van der Waals surface area (Å²) < 4.78 is 26.2. The molecule has 5 nitrogen and oxygen atoms in total. The van der Waals surface area contributed by atoms with Gasteiger partial charge < -0.3 is 10.0 Å². The fourth-order valence-electron chi connectivity index (χ4n) is 2.99. The van der Waals surface area contributed by atoms with Crippen LogP contribution in [0.25, 0.3) is 0 Å². The number of carboxylic acid groups (broad SMARTS) is 1. The summed E-state index contributed by atoms with van der Waals surface area (Å²) in [7, 11) is 0. The van der Waals surface area contributed by atoms with Crippen LogP contribution < -0.4 is 0 Å². The average molecular weight is 304 g/mol. The molecule has 120 valence electrons. The number of halogens is 2. The SMILES string of the molecule is O=C(O)CCN1CCN(C(=O)C2CCC(F)(F)CC2)CC1. The van der Waals surface area contributed by atoms with E-state index in [1.54, 1.807) is 4.90 Å². The van der Waals surface area contributed by atoms with Crippen molar-refractivity contribution in [1.29, 1.82) is 0 Å². The molecular weight excluding hydrogens is 282 g/mol. The lowest BCUT2D eigenvalue weighted by Gasteiger charge is -2.37. The van der Waals surface area contributed by atoms with Crippen LogP contribution in [0.3, 0.4) is 0 Å². The summed E-state index contributed by atoms with van der Waals surface area (Å²) in [5.74, 6) is -3.71. The molecule has 1 heterocycles. The molecule has 0 aromatic rings. The first kappa shape index (κ1) is 16.1. The van der Waals surface area contributed by atoms with Crippen LogP contribution in [0, 0.1) is 5.92 Å². The van der Waals surface area contributed by atoms with Gasteiger partial charge in [0.15, 0.2) is 0 Å². The smallest absolute Gasteiger partial charge is 0.304 e. The minimum Gasteiger partial charge on any atom is -0.481 e. The molecule has 2 rings (SSSR count). The van der Waals surface area contributed by atoms with E-state index < -0.39 is 11.9 Å². The maximum Gasteiger partial charge on any atom is 0.304 e. The highest BCUT2D eigenvalue weighted by atomic mass is 19.3. The van der Waals surface area contributed by atoms with Crippen LogP contribution in [0.15, 0.2) is 0 Å². The van der Waals surface area contributed by atoms with Gasteiger partial charge in [0.25, 0.3) is 0 Å². The second-order valence-corrected chi connectivity index (χ2v) is 5.94. The van der Waals surface area contributed by atoms with Crippen molar-refractivity contribution in [3.63, 3.8) is 0 Å². The van der Waals surface area contributed by atoms with Crippen molar-refractivity contribution in [1.82, 2.24) is 9.80 Å². The number of carbonyl (C=O) groups excluding carboxylic acids is 1. The van der Waals surface area contributed by atoms with E-state index in [9.17, 15) is 18.4 Å². The second-order valence-electron chi connectivity index (χ2n) is 5.94. The monoisotopic (exact) mass is 304 g/mol. The third-order valence-corrected chi connectivity index (χ3v) is 4.39. The average Bonchev–Trinajstić information content (AvgIpc) is 2.45. The molecule has 1 saturated carbocycles. The number of amides is 1. The van der Waals surface area contributed by atoms with E-state index in [0.29, 0.717) is 32.7 Å². The molecule has 0 atom stereocenters. The van der Waals surface area contributed by atoms with Crippen LogP contribution >= 0.6 is 0 Å². The van der Waals surface area contributed by atoms with Gasteiger partial charge in [-0.05, 0) is 12.8 Å². The number of hydrogen-bond acceptors (Lipinski definition) is 3. The highest BCUT2D eigenvalue weighted by Gasteiger charge is 2.39. The Bertz CT molecular complexity index is 386. The molecule has 0 spiro atoms. The van der Waals surface area contributed by atoms with Crippen LogP contribution in [0.2, 0.25) is 0 Å². The Balaban J connectivity index is 1.74. The Labute approximate surface area is 122 Å². The zero-order valence-corrected chi connectivity index (χ0v) is 12.1. The number of alkyl halides is 2. The van der Waals surface area contributed by atoms with Crippen molar-refractivity contribution < 1.29 is 23.5 Å². The Morgan fingerprint density at radius 3 is 2.19 bits per heavy atom. The lowest BCUT2D eigenvalue weighted by molar-refractivity contribution is -0.142. The summed E-state index contributed by atoms with van der Waals surface area (Å²) >= 11 is 0. The van der Waals surface area contributed by atoms with Crippen molar-refractivity contribution in [3.8, 4) is 0 Å². The zero-order chi connectivity index (χ0) is 15.5. The normalized spacial score (nSPS) is 24.0. The maximum atomic E-state index is 13.1. The number of hydrogen-bond donors (Lipinski definition) is 1. The van der Waals surface area contributed by atoms with Crippen LogP contribution in [-0.2, 0) is 9.59 Å². The van der Waals surface area contributed by atoms with E-state index in [4.69, 9.17) is 5.11 Å². The predicted octanol–water partition coefficient (Wildman–Crippen LogP) is 1.43. The lowest BCUT2D eigenvalue weighted by Crippen LogP contribution is -2.51. The number of nitrogens with zero attached hydrogens (tertiary/aromatic N) is 2. The molecule has 1 aliphatic carbocycles. The summed E-state index contributed by atoms with van der Waals surface area (Å²) in [4.78, 5) is 26.6. The van der Waals surface area contributed by atoms with Crippen molar-refractivity contribution >= 4 is 11.9 Å². The number of aliphatic carboxylic acids is 1. The lowest BCUT2D eigenvalue weighted by atomic mass is 9.86. The molecule has 2 aliphatic rings. The molecule has 0 bridgehead atoms. The first-order valence-corrected chi connectivity index (χ1v) is 7.48. The van der Waals surface area contributed by atoms with E-state index >= 15 is 0 Å². The zero-order valence-electron chi connectivity index (χ0n) is 12.1. The first-order chi connectivity index (χ1) is 9.87. The van der Waals surface area contributed by atoms with Crippen LogP contribution in [0.1, 0.15) is 32.1 Å². The van der Waals surface area contributed by atoms with Gasteiger partial charge in [0.2, 0.25) is 11.8 Å². The van der Waals surface area contributed by atoms with Gasteiger partial charge in [-0.25, -0.2) is 8.78 Å². The Morgan fingerprint density at radius 2 is 1.67 bits per heavy atom. The molecule has 0 radical (unpaired) electrons. The molecule has 1 saturated heterocycles. The number of carboxylic acids is 1. The summed E-state index contributed by atoms with van der Waals surface area (Å²) in [5, 5.41) is 8.64. The highest BCUT2D eigenvalue weighted by molar-refractivity contribution is 5.79. The van der Waals surface area contributed by atoms with Crippen molar-refractivity contribution in [2.75, 3.05) is 32.7 Å². The third-order valence-electron chi connectivity index (χ3n) is 4.39. The summed E-state index contributed by atoms with van der Waals surface area (Å²) in [6.45, 7) is 2.92. The fourth-order valence-corrected chi connectivity index (χ4v) is 2.99. The third kappa shape index (κ3) is 4.62. The van der Waals surface area contributed by atoms with Gasteiger partial charge in [0, 0.05) is 51.5 Å². The number of rotatable bonds is 4. The van der Waals surface area contributed by atoms with Gasteiger partial charge in [-0.1, -0.05) is 0 Å². The van der Waals surface area contributed by atoms with Crippen LogP contribution in [-0.4, -0.2) is 65.4 Å². The van der Waals surface area contributed by atoms with Gasteiger partial charge in [0.1, 0.15) is 0 Å². The first-order valence-electron chi connectivity index (χ1n) is 7.48. The van der Waals surface area contributed by atoms with Gasteiger partial charge in [-0.15, -0.1) is 0 Å². The molecule has 1 aliphatic heterocycles. The number of carbonyl (C=O) groups is 2. The van der Waals surface area contributed by atoms with Gasteiger partial charge in [-0.3, -0.25) is 14.5 Å². The van der Waals surface area contributed by atoms with Crippen molar-refractivity contribution in [3.05, 3.63) is 0 Å². The largest absolute Gasteiger partial charge is 0.481 e. The Morgan fingerprint density at radius 1 is 1.10 bits per heavy atom. The standard InChI is InChI=1S/C14H22F2N2O3/c15-14(16)4-1-11(2-5-14)13(21)18-9-7-17(8-10-18)6-3-12(19)20/h11H,1-10H2,(H,19,20). The molecule has 2 fully saturated rings. The number of piperazine rings is 1. The molecule has 0 unspecified atom stereocenters. The van der Waals surface area contributed by atoms with E-state index in [0.717, 1.165) is 0 Å². The molecular formula is C14H22F2N2O3. The summed E-state index contributed by atoms with van der Waals surface area (Å²) in [6.07, 6.45) is 0.256. The van der Waals surface area contributed by atoms with E-state index in [-0.39, 0.29) is 43.9 Å². The molecule has 21 heavy (non-hydrogen) atoms. The Hall–Kier alpha value is -1.24. The quantitative estimate of drug-likeness (QED) is 0.853. The van der Waals surface area contributed by atoms with Crippen LogP contribution in [0.4, 0.5) is 8.78 Å². The second kappa shape index (κ2) is 6.68. The van der Waals surface area contributed by atoms with Crippen LogP contribution in [0.5, 0.6) is 0 Å². The fraction of sp³-hybridized carbons (Fsp3) is 0.857. The molecule has 7 heteroatoms. The molecule has 1 amide bonds. The molecule has 0 aromatic carbocycles. The molecule has 0 aromatic heterocycles. The topological polar surface area (TPSA) is 60.9 Å². The van der Waals surface area contributed by atoms with Gasteiger partial charge in [0.05, 0.1) is 6.42 Å². The highest BCUT2D eigenvalue weighted by Crippen LogP contribution is 2.36. The maximum absolute atomic E-state index is 13.1. The van der Waals surface area contributed by atoms with E-state index in [1.165, 1.54) is 0 Å². The Kier molecular flexibility index (Phi) is 5.13. The minimum absolute atomic E-state index is 0.0108. The van der Waals surface area contributed by atoms with Crippen molar-refractivity contribution in [2.45, 2.75) is 38.0 Å². The van der Waals surface area contributed by atoms with E-state index in [1.807, 2.05) is 4.90 Å². The van der Waals surface area contributed by atoms with E-state index in [2.05, 4.69) is 0 Å². The van der Waals surface area contributed by atoms with Gasteiger partial charge in [-0.2, -0.15) is 0 Å². The summed E-state index contributed by atoms with van der Waals surface area (Å²) in [6, 6.07) is 0. The summed E-state index contributed by atoms with van der Waals surface area (Å²) in [5.41, 5.74) is 0. The van der Waals surface area contributed by atoms with Gasteiger partial charge >= 0.3 is 5.97 Å². The minimum atomic E-state index is -2.60. The predicted molar refractivity (Wildman–Crippen MR) is 72.2 cm³/mol. The molecule has 1 N–H and O–H groups in total.